The molecule has 0 saturated carbocycles. The average molecular weight is 412 g/mol. The Kier molecular flexibility index (Phi) is 6.03. The van der Waals surface area contributed by atoms with Gasteiger partial charge in [0, 0.05) is 34.2 Å². The molecule has 8 heteroatoms. The molecule has 0 radical (unpaired) electrons. The minimum atomic E-state index is -0.409. The van der Waals surface area contributed by atoms with Crippen molar-refractivity contribution in [3.8, 4) is 11.3 Å². The van der Waals surface area contributed by atoms with Crippen molar-refractivity contribution < 1.29 is 9.31 Å². The smallest absolute Gasteiger partial charge is 0.258 e. The van der Waals surface area contributed by atoms with E-state index in [2.05, 4.69) is 10.1 Å². The van der Waals surface area contributed by atoms with E-state index in [1.54, 1.807) is 48.9 Å². The van der Waals surface area contributed by atoms with Gasteiger partial charge >= 0.3 is 0 Å². The lowest BCUT2D eigenvalue weighted by Crippen LogP contribution is -2.16. The first-order valence-corrected chi connectivity index (χ1v) is 9.96. The lowest BCUT2D eigenvalue weighted by molar-refractivity contribution is -0.385. The molecule has 0 fully saturated rings. The molecule has 0 saturated heterocycles. The first kappa shape index (κ1) is 20.6. The third-order valence-electron chi connectivity index (χ3n) is 4.28. The van der Waals surface area contributed by atoms with E-state index in [9.17, 15) is 14.5 Å². The number of rotatable bonds is 5. The number of nitro groups is 1. The second kappa shape index (κ2) is 8.48. The molecule has 29 heavy (non-hydrogen) atoms. The van der Waals surface area contributed by atoms with E-state index < -0.39 is 4.92 Å². The van der Waals surface area contributed by atoms with Crippen LogP contribution in [0.5, 0.6) is 0 Å². The van der Waals surface area contributed by atoms with E-state index in [1.165, 1.54) is 23.5 Å². The number of aryl methyl sites for hydroxylation is 1. The zero-order valence-corrected chi connectivity index (χ0v) is 17.4. The molecule has 0 aliphatic heterocycles. The average Bonchev–Trinajstić information content (AvgIpc) is 3.03. The summed E-state index contributed by atoms with van der Waals surface area (Å²) in [6.45, 7) is 7.36. The fourth-order valence-electron chi connectivity index (χ4n) is 2.80. The van der Waals surface area contributed by atoms with Gasteiger partial charge in [-0.1, -0.05) is 24.3 Å². The molecule has 0 unspecified atom stereocenters. The van der Waals surface area contributed by atoms with Gasteiger partial charge in [-0.05, 0) is 39.8 Å². The van der Waals surface area contributed by atoms with Crippen LogP contribution in [-0.2, 0) is 0 Å². The van der Waals surface area contributed by atoms with Crippen LogP contribution in [0, 0.1) is 22.9 Å². The lowest BCUT2D eigenvalue weighted by atomic mass is 10.1. The number of thiazole rings is 1. The molecule has 0 N–H and O–H groups in total. The standard InChI is InChI=1S/C21H21FN4O2S/c1-13(2)23-21-25(20(12-29-21)17-7-5-6-8-18(17)22)24-15(4)16-10-9-14(3)19(11-16)26(27)28/h5-13H,1-4H3. The summed E-state index contributed by atoms with van der Waals surface area (Å²) in [5, 5.41) is 17.7. The highest BCUT2D eigenvalue weighted by molar-refractivity contribution is 7.07. The Morgan fingerprint density at radius 2 is 1.97 bits per heavy atom. The quantitative estimate of drug-likeness (QED) is 0.330. The molecule has 3 rings (SSSR count). The van der Waals surface area contributed by atoms with Crippen LogP contribution in [0.15, 0.2) is 57.9 Å². The van der Waals surface area contributed by atoms with Gasteiger partial charge in [-0.2, -0.15) is 5.10 Å². The predicted molar refractivity (Wildman–Crippen MR) is 114 cm³/mol. The minimum Gasteiger partial charge on any atom is -0.258 e. The van der Waals surface area contributed by atoms with Crippen LogP contribution in [0.2, 0.25) is 0 Å². The van der Waals surface area contributed by atoms with Crippen molar-refractivity contribution in [3.05, 3.63) is 79.7 Å². The van der Waals surface area contributed by atoms with Crippen LogP contribution in [0.3, 0.4) is 0 Å². The highest BCUT2D eigenvalue weighted by Gasteiger charge is 2.15. The molecule has 0 aliphatic carbocycles. The van der Waals surface area contributed by atoms with E-state index in [-0.39, 0.29) is 17.5 Å². The molecule has 150 valence electrons. The molecule has 1 aromatic heterocycles. The summed E-state index contributed by atoms with van der Waals surface area (Å²) < 4.78 is 16.0. The SMILES string of the molecule is CC(=Nn1c(-c2ccccc2F)csc1=NC(C)C)c1ccc(C)c([N+](=O)[O-])c1. The Balaban J connectivity index is 2.19. The maximum Gasteiger partial charge on any atom is 0.272 e. The number of hydrogen-bond donors (Lipinski definition) is 0. The van der Waals surface area contributed by atoms with Crippen molar-refractivity contribution in [2.45, 2.75) is 33.7 Å². The summed E-state index contributed by atoms with van der Waals surface area (Å²) in [6.07, 6.45) is 0. The zero-order valence-electron chi connectivity index (χ0n) is 16.6. The third-order valence-corrected chi connectivity index (χ3v) is 5.11. The fraction of sp³-hybridized carbons (Fsp3) is 0.238. The normalized spacial score (nSPS) is 12.6. The van der Waals surface area contributed by atoms with Crippen LogP contribution >= 0.6 is 11.3 Å². The highest BCUT2D eigenvalue weighted by Crippen LogP contribution is 2.24. The summed E-state index contributed by atoms with van der Waals surface area (Å²) in [5.41, 5.74) is 2.80. The van der Waals surface area contributed by atoms with Gasteiger partial charge in [0.1, 0.15) is 5.82 Å². The number of aromatic nitrogens is 1. The Hall–Kier alpha value is -3.13. The van der Waals surface area contributed by atoms with Crippen molar-refractivity contribution in [1.29, 1.82) is 0 Å². The molecular weight excluding hydrogens is 391 g/mol. The first-order valence-electron chi connectivity index (χ1n) is 9.08. The van der Waals surface area contributed by atoms with Crippen LogP contribution in [-0.4, -0.2) is 21.4 Å². The van der Waals surface area contributed by atoms with Crippen molar-refractivity contribution in [2.24, 2.45) is 10.1 Å². The molecule has 0 atom stereocenters. The monoisotopic (exact) mass is 412 g/mol. The number of halogens is 1. The Bertz CT molecular complexity index is 1160. The number of nitro benzene ring substituents is 1. The molecule has 0 amide bonds. The Morgan fingerprint density at radius 3 is 2.62 bits per heavy atom. The fourth-order valence-corrected chi connectivity index (χ4v) is 3.75. The summed E-state index contributed by atoms with van der Waals surface area (Å²) in [5.74, 6) is -0.353. The van der Waals surface area contributed by atoms with Gasteiger partial charge in [-0.15, -0.1) is 11.3 Å². The third kappa shape index (κ3) is 4.48. The first-order chi connectivity index (χ1) is 13.8. The minimum absolute atomic E-state index is 0.0318. The van der Waals surface area contributed by atoms with Gasteiger partial charge in [0.05, 0.1) is 16.3 Å². The number of nitrogens with zero attached hydrogens (tertiary/aromatic N) is 4. The lowest BCUT2D eigenvalue weighted by Gasteiger charge is -2.08. The van der Waals surface area contributed by atoms with Gasteiger partial charge in [0.25, 0.3) is 5.69 Å². The molecule has 3 aromatic rings. The second-order valence-corrected chi connectivity index (χ2v) is 7.70. The van der Waals surface area contributed by atoms with Gasteiger partial charge in [-0.25, -0.2) is 9.07 Å². The van der Waals surface area contributed by atoms with E-state index in [0.717, 1.165) is 0 Å². The molecular formula is C21H21FN4O2S. The molecule has 2 aromatic carbocycles. The highest BCUT2D eigenvalue weighted by atomic mass is 32.1. The Morgan fingerprint density at radius 1 is 1.24 bits per heavy atom. The summed E-state index contributed by atoms with van der Waals surface area (Å²) >= 11 is 1.37. The van der Waals surface area contributed by atoms with Crippen molar-refractivity contribution in [1.82, 2.24) is 4.68 Å². The molecule has 6 nitrogen and oxygen atoms in total. The molecule has 1 heterocycles. The summed E-state index contributed by atoms with van der Waals surface area (Å²) in [7, 11) is 0. The van der Waals surface area contributed by atoms with E-state index >= 15 is 0 Å². The van der Waals surface area contributed by atoms with Crippen molar-refractivity contribution in [3.63, 3.8) is 0 Å². The van der Waals surface area contributed by atoms with Crippen LogP contribution in [0.1, 0.15) is 31.9 Å². The topological polar surface area (TPSA) is 72.8 Å². The maximum atomic E-state index is 14.4. The van der Waals surface area contributed by atoms with E-state index in [1.807, 2.05) is 19.2 Å². The van der Waals surface area contributed by atoms with Gasteiger partial charge in [0.2, 0.25) is 4.80 Å². The van der Waals surface area contributed by atoms with Crippen LogP contribution in [0.4, 0.5) is 10.1 Å². The maximum absolute atomic E-state index is 14.4. The Labute approximate surface area is 171 Å². The molecule has 0 spiro atoms. The van der Waals surface area contributed by atoms with Gasteiger partial charge in [-0.3, -0.25) is 15.1 Å². The van der Waals surface area contributed by atoms with E-state index in [0.29, 0.717) is 32.9 Å². The van der Waals surface area contributed by atoms with Crippen LogP contribution < -0.4 is 4.80 Å². The molecule has 0 bridgehead atoms. The number of hydrogen-bond acceptors (Lipinski definition) is 5. The zero-order chi connectivity index (χ0) is 21.1. The summed E-state index contributed by atoms with van der Waals surface area (Å²) in [4.78, 5) is 16.1. The second-order valence-electron chi connectivity index (χ2n) is 6.86. The summed E-state index contributed by atoms with van der Waals surface area (Å²) in [6, 6.07) is 11.5. The van der Waals surface area contributed by atoms with Gasteiger partial charge < -0.3 is 0 Å². The molecule has 0 aliphatic rings. The van der Waals surface area contributed by atoms with Crippen molar-refractivity contribution in [2.75, 3.05) is 0 Å². The van der Waals surface area contributed by atoms with Crippen LogP contribution in [0.25, 0.3) is 11.3 Å². The number of benzene rings is 2. The van der Waals surface area contributed by atoms with Gasteiger partial charge in [0.15, 0.2) is 0 Å². The predicted octanol–water partition coefficient (Wildman–Crippen LogP) is 5.15. The van der Waals surface area contributed by atoms with Crippen molar-refractivity contribution >= 4 is 22.7 Å². The largest absolute Gasteiger partial charge is 0.272 e. The van der Waals surface area contributed by atoms with E-state index in [4.69, 9.17) is 0 Å².